The number of rotatable bonds is 4. The number of hydrogen-bond donors (Lipinski definition) is 2. The van der Waals surface area contributed by atoms with E-state index in [0.29, 0.717) is 9.47 Å². The summed E-state index contributed by atoms with van der Waals surface area (Å²) in [6.07, 6.45) is 0. The molecule has 2 heterocycles. The van der Waals surface area contributed by atoms with E-state index in [-0.39, 0.29) is 11.4 Å². The number of ketones is 1. The van der Waals surface area contributed by atoms with E-state index in [2.05, 4.69) is 10.2 Å². The van der Waals surface area contributed by atoms with Crippen molar-refractivity contribution in [3.05, 3.63) is 26.4 Å². The molecule has 0 aromatic carbocycles. The molecule has 2 rings (SSSR count). The van der Waals surface area contributed by atoms with E-state index in [1.165, 1.54) is 14.1 Å². The number of anilines is 2. The van der Waals surface area contributed by atoms with Crippen LogP contribution in [0.15, 0.2) is 13.9 Å². The molecule has 0 fully saturated rings. The second kappa shape index (κ2) is 5.93. The third kappa shape index (κ3) is 2.76. The summed E-state index contributed by atoms with van der Waals surface area (Å²) in [5.74, 6) is -0.630. The fraction of sp³-hybridized carbons (Fsp3) is 0.364. The number of hydrogen-bond acceptors (Lipinski definition) is 9. The van der Waals surface area contributed by atoms with Crippen LogP contribution < -0.4 is 22.7 Å². The zero-order chi connectivity index (χ0) is 16.6. The highest BCUT2D eigenvalue weighted by Gasteiger charge is 2.26. The van der Waals surface area contributed by atoms with Gasteiger partial charge in [0.1, 0.15) is 11.4 Å². The Kier molecular flexibility index (Phi) is 4.37. The van der Waals surface area contributed by atoms with Gasteiger partial charge in [-0.05, 0) is 6.92 Å². The van der Waals surface area contributed by atoms with E-state index in [4.69, 9.17) is 11.5 Å². The first kappa shape index (κ1) is 16.2. The molecule has 9 nitrogen and oxygen atoms in total. The normalized spacial score (nSPS) is 12.3. The Bertz CT molecular complexity index is 852. The van der Waals surface area contributed by atoms with Crippen LogP contribution in [0.4, 0.5) is 10.9 Å². The molecule has 0 aliphatic heterocycles. The number of nitrogens with zero attached hydrogens (tertiary/aromatic N) is 4. The Labute approximate surface area is 133 Å². The van der Waals surface area contributed by atoms with Gasteiger partial charge >= 0.3 is 5.69 Å². The molecule has 0 amide bonds. The Hall–Kier alpha value is -2.14. The smallest absolute Gasteiger partial charge is 0.332 e. The van der Waals surface area contributed by atoms with Crippen LogP contribution in [0.25, 0.3) is 0 Å². The third-order valence-electron chi connectivity index (χ3n) is 3.03. The maximum atomic E-state index is 12.5. The first-order valence-corrected chi connectivity index (χ1v) is 7.79. The lowest BCUT2D eigenvalue weighted by Crippen LogP contribution is -2.42. The largest absolute Gasteiger partial charge is 0.384 e. The van der Waals surface area contributed by atoms with Crippen LogP contribution in [0.5, 0.6) is 0 Å². The van der Waals surface area contributed by atoms with Crippen molar-refractivity contribution in [2.75, 3.05) is 11.5 Å². The summed E-state index contributed by atoms with van der Waals surface area (Å²) >= 11 is 2.27. The number of carbonyl (C=O) groups is 1. The van der Waals surface area contributed by atoms with Gasteiger partial charge in [0.2, 0.25) is 5.13 Å². The summed E-state index contributed by atoms with van der Waals surface area (Å²) in [5, 5.41) is 7.13. The number of thioether (sulfide) groups is 1. The summed E-state index contributed by atoms with van der Waals surface area (Å²) in [5.41, 5.74) is 9.74. The van der Waals surface area contributed by atoms with E-state index >= 15 is 0 Å². The molecule has 118 valence electrons. The fourth-order valence-electron chi connectivity index (χ4n) is 1.77. The molecule has 0 aliphatic carbocycles. The van der Waals surface area contributed by atoms with Gasteiger partial charge in [0.25, 0.3) is 5.56 Å². The van der Waals surface area contributed by atoms with Crippen molar-refractivity contribution < 1.29 is 4.79 Å². The lowest BCUT2D eigenvalue weighted by molar-refractivity contribution is 0.0992. The summed E-state index contributed by atoms with van der Waals surface area (Å²) in [7, 11) is 2.70. The molecule has 4 N–H and O–H groups in total. The van der Waals surface area contributed by atoms with Gasteiger partial charge in [0.15, 0.2) is 10.1 Å². The Balaban J connectivity index is 2.41. The summed E-state index contributed by atoms with van der Waals surface area (Å²) in [4.78, 5) is 36.4. The predicted octanol–water partition coefficient (Wildman–Crippen LogP) is -0.537. The summed E-state index contributed by atoms with van der Waals surface area (Å²) in [6.45, 7) is 1.62. The molecule has 0 spiro atoms. The molecular weight excluding hydrogens is 328 g/mol. The minimum absolute atomic E-state index is 0.151. The monoisotopic (exact) mass is 342 g/mol. The summed E-state index contributed by atoms with van der Waals surface area (Å²) in [6, 6.07) is 0. The standard InChI is InChI=1S/C11H14N6O3S2/c1-4(21-10-15-14-9(13)22-10)6(18)5-7(12)16(2)11(20)17(3)8(5)19/h4H,12H2,1-3H3,(H2,13,14)/t4-/m1/s1. The number of aromatic nitrogens is 4. The zero-order valence-corrected chi connectivity index (χ0v) is 13.7. The second-order valence-corrected chi connectivity index (χ2v) is 7.09. The fourth-order valence-corrected chi connectivity index (χ4v) is 3.61. The number of carbonyl (C=O) groups excluding carboxylic acids is 1. The Morgan fingerprint density at radius 1 is 1.23 bits per heavy atom. The van der Waals surface area contributed by atoms with Crippen molar-refractivity contribution in [1.29, 1.82) is 0 Å². The van der Waals surface area contributed by atoms with Gasteiger partial charge in [0.05, 0.1) is 5.25 Å². The van der Waals surface area contributed by atoms with Crippen LogP contribution in [0.3, 0.4) is 0 Å². The predicted molar refractivity (Wildman–Crippen MR) is 85.3 cm³/mol. The lowest BCUT2D eigenvalue weighted by atomic mass is 10.1. The van der Waals surface area contributed by atoms with Gasteiger partial charge in [-0.1, -0.05) is 23.1 Å². The van der Waals surface area contributed by atoms with Gasteiger partial charge in [-0.3, -0.25) is 18.7 Å². The van der Waals surface area contributed by atoms with Crippen molar-refractivity contribution >= 4 is 39.8 Å². The van der Waals surface area contributed by atoms with Gasteiger partial charge in [0, 0.05) is 14.1 Å². The van der Waals surface area contributed by atoms with Crippen LogP contribution in [-0.2, 0) is 14.1 Å². The lowest BCUT2D eigenvalue weighted by Gasteiger charge is -2.13. The average molecular weight is 342 g/mol. The topological polar surface area (TPSA) is 139 Å². The molecule has 1 atom stereocenters. The van der Waals surface area contributed by atoms with E-state index in [1.807, 2.05) is 0 Å². The van der Waals surface area contributed by atoms with Crippen LogP contribution in [0.1, 0.15) is 17.3 Å². The molecule has 0 saturated heterocycles. The van der Waals surface area contributed by atoms with Crippen LogP contribution in [0, 0.1) is 0 Å². The van der Waals surface area contributed by atoms with E-state index < -0.39 is 22.3 Å². The minimum Gasteiger partial charge on any atom is -0.384 e. The molecular formula is C11H14N6O3S2. The quantitative estimate of drug-likeness (QED) is 0.558. The molecule has 0 aliphatic rings. The van der Waals surface area contributed by atoms with Crippen molar-refractivity contribution in [3.8, 4) is 0 Å². The first-order valence-electron chi connectivity index (χ1n) is 6.09. The van der Waals surface area contributed by atoms with Gasteiger partial charge in [-0.2, -0.15) is 0 Å². The molecule has 0 bridgehead atoms. The SMILES string of the molecule is C[C@@H](Sc1nnc(N)s1)C(=O)c1c(N)n(C)c(=O)n(C)c1=O. The van der Waals surface area contributed by atoms with Crippen LogP contribution >= 0.6 is 23.1 Å². The maximum absolute atomic E-state index is 12.5. The number of Topliss-reactive ketones (excluding diaryl/α,β-unsaturated/α-hetero) is 1. The van der Waals surface area contributed by atoms with Gasteiger partial charge < -0.3 is 11.5 Å². The summed E-state index contributed by atoms with van der Waals surface area (Å²) < 4.78 is 2.43. The molecule has 0 radical (unpaired) electrons. The van der Waals surface area contributed by atoms with Crippen molar-refractivity contribution in [3.63, 3.8) is 0 Å². The molecule has 0 saturated carbocycles. The van der Waals surface area contributed by atoms with Crippen LogP contribution in [0.2, 0.25) is 0 Å². The van der Waals surface area contributed by atoms with Gasteiger partial charge in [-0.25, -0.2) is 4.79 Å². The highest BCUT2D eigenvalue weighted by molar-refractivity contribution is 8.02. The minimum atomic E-state index is -0.713. The molecule has 0 unspecified atom stereocenters. The molecule has 2 aromatic rings. The van der Waals surface area contributed by atoms with E-state index in [9.17, 15) is 14.4 Å². The highest BCUT2D eigenvalue weighted by Crippen LogP contribution is 2.29. The van der Waals surface area contributed by atoms with Crippen molar-refractivity contribution in [2.45, 2.75) is 16.5 Å². The number of nitrogen functional groups attached to an aromatic ring is 2. The molecule has 22 heavy (non-hydrogen) atoms. The van der Waals surface area contributed by atoms with E-state index in [0.717, 1.165) is 32.2 Å². The van der Waals surface area contributed by atoms with Crippen molar-refractivity contribution in [1.82, 2.24) is 19.3 Å². The second-order valence-electron chi connectivity index (χ2n) is 4.50. The molecule has 11 heteroatoms. The highest BCUT2D eigenvalue weighted by atomic mass is 32.2. The maximum Gasteiger partial charge on any atom is 0.332 e. The van der Waals surface area contributed by atoms with Crippen molar-refractivity contribution in [2.24, 2.45) is 14.1 Å². The Morgan fingerprint density at radius 2 is 1.86 bits per heavy atom. The molecule has 2 aromatic heterocycles. The van der Waals surface area contributed by atoms with Gasteiger partial charge in [-0.15, -0.1) is 10.2 Å². The zero-order valence-electron chi connectivity index (χ0n) is 12.1. The number of nitrogens with two attached hydrogens (primary N) is 2. The Morgan fingerprint density at radius 3 is 2.41 bits per heavy atom. The third-order valence-corrected chi connectivity index (χ3v) is 4.96. The van der Waals surface area contributed by atoms with E-state index in [1.54, 1.807) is 6.92 Å². The average Bonchev–Trinajstić information content (AvgIpc) is 2.88. The first-order chi connectivity index (χ1) is 10.2. The van der Waals surface area contributed by atoms with Crippen LogP contribution in [-0.4, -0.2) is 30.4 Å².